The maximum absolute atomic E-state index is 12.7. The second kappa shape index (κ2) is 8.65. The molecular weight excluding hydrogens is 372 g/mol. The van der Waals surface area contributed by atoms with Crippen LogP contribution in [0.3, 0.4) is 0 Å². The minimum absolute atomic E-state index is 0. The van der Waals surface area contributed by atoms with Gasteiger partial charge in [0.25, 0.3) is 0 Å². The molecule has 146 valence electrons. The molecule has 0 bridgehead atoms. The molecule has 3 N–H and O–H groups in total. The van der Waals surface area contributed by atoms with Gasteiger partial charge in [-0.3, -0.25) is 10.1 Å². The summed E-state index contributed by atoms with van der Waals surface area (Å²) in [6.07, 6.45) is 0.508. The summed E-state index contributed by atoms with van der Waals surface area (Å²) in [5.74, 6) is 1.16. The van der Waals surface area contributed by atoms with Gasteiger partial charge in [0, 0.05) is 19.5 Å². The van der Waals surface area contributed by atoms with Gasteiger partial charge in [0.05, 0.1) is 13.1 Å². The highest BCUT2D eigenvalue weighted by molar-refractivity contribution is 5.85. The van der Waals surface area contributed by atoms with Gasteiger partial charge in [-0.15, -0.1) is 22.0 Å². The number of carbonyl (C=O) groups excluding carboxylic acids is 2. The summed E-state index contributed by atoms with van der Waals surface area (Å²) in [7, 11) is 1.72. The molecule has 2 amide bonds. The summed E-state index contributed by atoms with van der Waals surface area (Å²) >= 11 is 0. The average molecular weight is 396 g/mol. The van der Waals surface area contributed by atoms with Gasteiger partial charge in [-0.1, -0.05) is 24.3 Å². The minimum atomic E-state index is -0.840. The number of carboxylic acid groups (broad SMARTS) is 1. The standard InChI is InChI=1S/C18H22N4O4.ClH/c1-22(21-10-8-19-9-11-21)15(12-23)17(20-18(22)26)14-5-2-13(3-6-14)4-7-16(24)25;/h2-3,5-6,17,19H,4,7-11H2,1H3,(H-,20,24,25,26);1H/p+1. The number of carbonyl (C=O) groups is 2. The van der Waals surface area contributed by atoms with E-state index in [2.05, 4.69) is 10.6 Å². The van der Waals surface area contributed by atoms with Crippen LogP contribution in [0.1, 0.15) is 23.6 Å². The number of nitrogens with one attached hydrogen (secondary N) is 2. The van der Waals surface area contributed by atoms with Crippen molar-refractivity contribution in [1.29, 1.82) is 0 Å². The first-order chi connectivity index (χ1) is 12.5. The number of nitrogens with zero attached hydrogens (tertiary/aromatic N) is 2. The van der Waals surface area contributed by atoms with Gasteiger partial charge in [-0.25, -0.2) is 9.59 Å². The number of amides is 2. The Morgan fingerprint density at radius 2 is 1.93 bits per heavy atom. The number of quaternary nitrogens is 1. The van der Waals surface area contributed by atoms with Crippen LogP contribution < -0.4 is 10.6 Å². The molecule has 27 heavy (non-hydrogen) atoms. The van der Waals surface area contributed by atoms with Crippen molar-refractivity contribution >= 4 is 30.3 Å². The van der Waals surface area contributed by atoms with E-state index in [0.29, 0.717) is 25.2 Å². The average Bonchev–Trinajstić information content (AvgIpc) is 2.92. The highest BCUT2D eigenvalue weighted by Crippen LogP contribution is 2.36. The molecule has 2 heterocycles. The Morgan fingerprint density at radius 3 is 2.48 bits per heavy atom. The third-order valence-electron chi connectivity index (χ3n) is 5.11. The number of carboxylic acids is 1. The van der Waals surface area contributed by atoms with Crippen LogP contribution in [0.25, 0.3) is 0 Å². The first-order valence-electron chi connectivity index (χ1n) is 8.66. The van der Waals surface area contributed by atoms with Gasteiger partial charge >= 0.3 is 12.0 Å². The fraction of sp³-hybridized carbons (Fsp3) is 0.444. The molecule has 2 aliphatic heterocycles. The summed E-state index contributed by atoms with van der Waals surface area (Å²) in [4.78, 5) is 35.2. The fourth-order valence-electron chi connectivity index (χ4n) is 3.53. The molecule has 0 radical (unpaired) electrons. The maximum atomic E-state index is 12.7. The van der Waals surface area contributed by atoms with E-state index in [0.717, 1.165) is 24.2 Å². The number of likely N-dealkylation sites (N-methyl/N-ethyl adjacent to an activating group) is 1. The van der Waals surface area contributed by atoms with Crippen molar-refractivity contribution in [1.82, 2.24) is 15.6 Å². The van der Waals surface area contributed by atoms with Crippen molar-refractivity contribution in [2.24, 2.45) is 0 Å². The molecule has 2 aliphatic rings. The SMILES string of the molecule is C[N+]1(N2CCNCC2)C(=O)NC(c2ccc(CCC(=O)O)cc2)C1=C=O.Cl. The lowest BCUT2D eigenvalue weighted by Crippen LogP contribution is -2.63. The monoisotopic (exact) mass is 395 g/mol. The smallest absolute Gasteiger partial charge is 0.442 e. The molecule has 2 atom stereocenters. The lowest BCUT2D eigenvalue weighted by molar-refractivity contribution is -0.910. The van der Waals surface area contributed by atoms with Crippen molar-refractivity contribution in [2.75, 3.05) is 33.2 Å². The van der Waals surface area contributed by atoms with Crippen molar-refractivity contribution in [3.8, 4) is 0 Å². The number of hydrogen-bond donors (Lipinski definition) is 3. The number of rotatable bonds is 5. The van der Waals surface area contributed by atoms with Crippen LogP contribution in [-0.2, 0) is 16.0 Å². The number of aliphatic carboxylic acids is 1. The predicted octanol–water partition coefficient (Wildman–Crippen LogP) is 0.872. The van der Waals surface area contributed by atoms with Crippen LogP contribution in [0.5, 0.6) is 0 Å². The number of piperazine rings is 1. The van der Waals surface area contributed by atoms with E-state index >= 15 is 0 Å². The van der Waals surface area contributed by atoms with Crippen molar-refractivity contribution in [3.63, 3.8) is 0 Å². The van der Waals surface area contributed by atoms with E-state index in [9.17, 15) is 14.4 Å². The van der Waals surface area contributed by atoms with E-state index < -0.39 is 12.0 Å². The van der Waals surface area contributed by atoms with Crippen LogP contribution in [0.4, 0.5) is 4.79 Å². The third-order valence-corrected chi connectivity index (χ3v) is 5.11. The molecular formula is C18H24ClN4O4+. The molecule has 1 aromatic carbocycles. The zero-order chi connectivity index (χ0) is 18.7. The van der Waals surface area contributed by atoms with Gasteiger partial charge in [0.15, 0.2) is 5.94 Å². The number of hydrogen-bond acceptors (Lipinski definition) is 5. The van der Waals surface area contributed by atoms with Crippen LogP contribution in [0, 0.1) is 0 Å². The quantitative estimate of drug-likeness (QED) is 0.505. The predicted molar refractivity (Wildman–Crippen MR) is 101 cm³/mol. The van der Waals surface area contributed by atoms with Gasteiger partial charge in [-0.2, -0.15) is 0 Å². The largest absolute Gasteiger partial charge is 0.481 e. The molecule has 2 unspecified atom stereocenters. The van der Waals surface area contributed by atoms with E-state index in [4.69, 9.17) is 5.11 Å². The Balaban J connectivity index is 0.00000261. The first kappa shape index (κ1) is 21.1. The summed E-state index contributed by atoms with van der Waals surface area (Å²) in [6, 6.07) is 6.54. The Bertz CT molecular complexity index is 757. The molecule has 8 nitrogen and oxygen atoms in total. The van der Waals surface area contributed by atoms with Gasteiger partial charge in [-0.05, 0) is 17.5 Å². The fourth-order valence-corrected chi connectivity index (χ4v) is 3.53. The van der Waals surface area contributed by atoms with Crippen LogP contribution in [0.15, 0.2) is 30.0 Å². The minimum Gasteiger partial charge on any atom is -0.481 e. The maximum Gasteiger partial charge on any atom is 0.442 e. The lowest BCUT2D eigenvalue weighted by Gasteiger charge is -2.38. The molecule has 1 aromatic rings. The Kier molecular flexibility index (Phi) is 6.75. The van der Waals surface area contributed by atoms with Crippen LogP contribution in [-0.4, -0.2) is 65.9 Å². The van der Waals surface area contributed by atoms with Gasteiger partial charge < -0.3 is 10.4 Å². The van der Waals surface area contributed by atoms with Crippen molar-refractivity contribution < 1.29 is 24.1 Å². The molecule has 0 spiro atoms. The summed E-state index contributed by atoms with van der Waals surface area (Å²) in [5.41, 5.74) is 2.03. The number of halogens is 1. The Hall–Kier alpha value is -2.22. The van der Waals surface area contributed by atoms with E-state index in [1.165, 1.54) is 0 Å². The summed E-state index contributed by atoms with van der Waals surface area (Å²) < 4.78 is -0.198. The van der Waals surface area contributed by atoms with Crippen LogP contribution in [0.2, 0.25) is 0 Å². The van der Waals surface area contributed by atoms with Gasteiger partial charge in [0.2, 0.25) is 5.70 Å². The van der Waals surface area contributed by atoms with Gasteiger partial charge in [0.1, 0.15) is 13.1 Å². The number of benzene rings is 1. The molecule has 3 rings (SSSR count). The topological polar surface area (TPSA) is 98.7 Å². The van der Waals surface area contributed by atoms with E-state index in [1.54, 1.807) is 7.05 Å². The number of aryl methyl sites for hydroxylation is 1. The molecule has 0 saturated carbocycles. The first-order valence-corrected chi connectivity index (χ1v) is 8.66. The highest BCUT2D eigenvalue weighted by atomic mass is 35.5. The zero-order valence-electron chi connectivity index (χ0n) is 15.1. The zero-order valence-corrected chi connectivity index (χ0v) is 15.9. The second-order valence-electron chi connectivity index (χ2n) is 6.67. The van der Waals surface area contributed by atoms with Crippen molar-refractivity contribution in [2.45, 2.75) is 18.9 Å². The highest BCUT2D eigenvalue weighted by Gasteiger charge is 2.55. The summed E-state index contributed by atoms with van der Waals surface area (Å²) in [6.45, 7) is 2.85. The second-order valence-corrected chi connectivity index (χ2v) is 6.67. The molecule has 9 heteroatoms. The summed E-state index contributed by atoms with van der Waals surface area (Å²) in [5, 5.41) is 16.9. The molecule has 0 aliphatic carbocycles. The Labute approximate surface area is 163 Å². The normalized spacial score (nSPS) is 25.4. The van der Waals surface area contributed by atoms with Crippen molar-refractivity contribution in [3.05, 3.63) is 41.1 Å². The Morgan fingerprint density at radius 1 is 1.30 bits per heavy atom. The number of urea groups is 1. The lowest BCUT2D eigenvalue weighted by atomic mass is 10.0. The van der Waals surface area contributed by atoms with Crippen LogP contribution >= 0.6 is 12.4 Å². The molecule has 0 aromatic heterocycles. The van der Waals surface area contributed by atoms with E-state index in [1.807, 2.05) is 35.2 Å². The molecule has 2 fully saturated rings. The van der Waals surface area contributed by atoms with E-state index in [-0.39, 0.29) is 29.5 Å². The molecule has 2 saturated heterocycles. The third kappa shape index (κ3) is 4.05.